The fourth-order valence-corrected chi connectivity index (χ4v) is 0.788. The van der Waals surface area contributed by atoms with Gasteiger partial charge < -0.3 is 5.73 Å². The predicted molar refractivity (Wildman–Crippen MR) is 33.9 cm³/mol. The average Bonchev–Trinajstić information content (AvgIpc) is 2.43. The van der Waals surface area contributed by atoms with E-state index >= 15 is 0 Å². The van der Waals surface area contributed by atoms with Crippen LogP contribution in [0.2, 0.25) is 0 Å². The number of hydrogen-bond acceptors (Lipinski definition) is 1. The van der Waals surface area contributed by atoms with Crippen molar-refractivity contribution in [3.63, 3.8) is 0 Å². The van der Waals surface area contributed by atoms with Crippen LogP contribution in [0.15, 0.2) is 0 Å². The number of nitrogens with two attached hydrogens (primary N) is 1. The van der Waals surface area contributed by atoms with E-state index in [1.807, 2.05) is 0 Å². The first-order valence-electron chi connectivity index (χ1n) is 2.64. The highest BCUT2D eigenvalue weighted by Crippen LogP contribution is 2.37. The summed E-state index contributed by atoms with van der Waals surface area (Å²) >= 11 is 0. The quantitative estimate of drug-likeness (QED) is 0.606. The van der Waals surface area contributed by atoms with Gasteiger partial charge in [0.25, 0.3) is 0 Å². The summed E-state index contributed by atoms with van der Waals surface area (Å²) in [5.41, 5.74) is 5.23. The lowest BCUT2D eigenvalue weighted by Gasteiger charge is -1.83. The van der Waals surface area contributed by atoms with E-state index in [2.05, 4.69) is 0 Å². The highest BCUT2D eigenvalue weighted by molar-refractivity contribution is 5.85. The second-order valence-electron chi connectivity index (χ2n) is 2.15. The molecule has 1 nitrogen and oxygen atoms in total. The molecular weight excluding hydrogens is 129 g/mol. The molecule has 1 aliphatic rings. The summed E-state index contributed by atoms with van der Waals surface area (Å²) in [6, 6.07) is 0. The van der Waals surface area contributed by atoms with Gasteiger partial charge in [0.2, 0.25) is 0 Å². The molecule has 0 unspecified atom stereocenters. The molecule has 2 N–H and O–H groups in total. The van der Waals surface area contributed by atoms with Gasteiger partial charge >= 0.3 is 0 Å². The molecule has 1 rings (SSSR count). The van der Waals surface area contributed by atoms with Crippen LogP contribution in [0, 0.1) is 11.8 Å². The van der Waals surface area contributed by atoms with Crippen molar-refractivity contribution in [2.24, 2.45) is 17.6 Å². The number of rotatable bonds is 2. The topological polar surface area (TPSA) is 26.0 Å². The lowest BCUT2D eigenvalue weighted by atomic mass is 10.3. The smallest absolute Gasteiger partial charge is 0.0925 e. The lowest BCUT2D eigenvalue weighted by Crippen LogP contribution is -2.02. The zero-order valence-corrected chi connectivity index (χ0v) is 5.46. The van der Waals surface area contributed by atoms with Gasteiger partial charge in [-0.1, -0.05) is 0 Å². The van der Waals surface area contributed by atoms with Crippen LogP contribution in [-0.2, 0) is 0 Å². The summed E-state index contributed by atoms with van der Waals surface area (Å²) in [6.07, 6.45) is 1.02. The Morgan fingerprint density at radius 1 is 1.50 bits per heavy atom. The van der Waals surface area contributed by atoms with Crippen LogP contribution in [-0.4, -0.2) is 13.2 Å². The van der Waals surface area contributed by atoms with E-state index in [9.17, 15) is 4.39 Å². The molecule has 0 saturated heterocycles. The molecule has 1 saturated carbocycles. The Morgan fingerprint density at radius 3 is 2.25 bits per heavy atom. The van der Waals surface area contributed by atoms with E-state index in [-0.39, 0.29) is 19.1 Å². The molecule has 8 heavy (non-hydrogen) atoms. The fraction of sp³-hybridized carbons (Fsp3) is 1.00. The number of alkyl halides is 1. The van der Waals surface area contributed by atoms with Crippen molar-refractivity contribution in [3.8, 4) is 0 Å². The molecule has 0 amide bonds. The predicted octanol–water partition coefficient (Wildman–Crippen LogP) is 0.973. The van der Waals surface area contributed by atoms with Gasteiger partial charge in [0.15, 0.2) is 0 Å². The first kappa shape index (κ1) is 8.18. The fourth-order valence-electron chi connectivity index (χ4n) is 0.788. The van der Waals surface area contributed by atoms with Gasteiger partial charge in [-0.15, -0.1) is 12.4 Å². The molecule has 50 valence electrons. The van der Waals surface area contributed by atoms with Gasteiger partial charge in [0.1, 0.15) is 0 Å². The molecule has 0 aliphatic heterocycles. The molecule has 0 aromatic carbocycles. The van der Waals surface area contributed by atoms with Crippen molar-refractivity contribution in [2.45, 2.75) is 6.42 Å². The molecule has 1 fully saturated rings. The summed E-state index contributed by atoms with van der Waals surface area (Å²) in [5.74, 6) is 0.843. The van der Waals surface area contributed by atoms with Gasteiger partial charge in [0, 0.05) is 0 Å². The Kier molecular flexibility index (Phi) is 3.33. The highest BCUT2D eigenvalue weighted by atomic mass is 35.5. The van der Waals surface area contributed by atoms with E-state index in [1.165, 1.54) is 0 Å². The van der Waals surface area contributed by atoms with Gasteiger partial charge in [-0.25, -0.2) is 0 Å². The van der Waals surface area contributed by atoms with Crippen LogP contribution in [0.3, 0.4) is 0 Å². The third-order valence-corrected chi connectivity index (χ3v) is 1.57. The van der Waals surface area contributed by atoms with Crippen molar-refractivity contribution in [1.29, 1.82) is 0 Å². The monoisotopic (exact) mass is 139 g/mol. The van der Waals surface area contributed by atoms with Crippen LogP contribution in [0.5, 0.6) is 0 Å². The van der Waals surface area contributed by atoms with E-state index in [4.69, 9.17) is 5.73 Å². The van der Waals surface area contributed by atoms with Gasteiger partial charge in [-0.2, -0.15) is 0 Å². The van der Waals surface area contributed by atoms with Gasteiger partial charge in [-0.3, -0.25) is 4.39 Å². The minimum Gasteiger partial charge on any atom is -0.330 e. The minimum atomic E-state index is -0.165. The average molecular weight is 140 g/mol. The van der Waals surface area contributed by atoms with Crippen molar-refractivity contribution in [2.75, 3.05) is 13.2 Å². The van der Waals surface area contributed by atoms with E-state index in [0.717, 1.165) is 6.42 Å². The molecule has 3 heteroatoms. The van der Waals surface area contributed by atoms with Gasteiger partial charge in [0.05, 0.1) is 6.67 Å². The second-order valence-corrected chi connectivity index (χ2v) is 2.15. The molecule has 0 spiro atoms. The van der Waals surface area contributed by atoms with Crippen LogP contribution < -0.4 is 5.73 Å². The number of halogens is 2. The van der Waals surface area contributed by atoms with Crippen molar-refractivity contribution in [1.82, 2.24) is 0 Å². The number of hydrogen-bond donors (Lipinski definition) is 1. The Bertz CT molecular complexity index is 61.4. The SMILES string of the molecule is Cl.NC[C@@H]1C[C@@H]1CF. The maximum Gasteiger partial charge on any atom is 0.0925 e. The zero-order chi connectivity index (χ0) is 5.28. The summed E-state index contributed by atoms with van der Waals surface area (Å²) in [7, 11) is 0. The molecule has 0 aromatic rings. The summed E-state index contributed by atoms with van der Waals surface area (Å²) < 4.78 is 11.6. The lowest BCUT2D eigenvalue weighted by molar-refractivity contribution is 0.441. The maximum atomic E-state index is 11.6. The summed E-state index contributed by atoms with van der Waals surface area (Å²) in [5, 5.41) is 0. The Balaban J connectivity index is 0.000000490. The second kappa shape index (κ2) is 3.25. The molecule has 0 bridgehead atoms. The Hall–Kier alpha value is 0.180. The van der Waals surface area contributed by atoms with E-state index in [0.29, 0.717) is 18.4 Å². The Morgan fingerprint density at radius 2 is 2.12 bits per heavy atom. The molecule has 1 aliphatic carbocycles. The van der Waals surface area contributed by atoms with Crippen molar-refractivity contribution in [3.05, 3.63) is 0 Å². The highest BCUT2D eigenvalue weighted by Gasteiger charge is 2.35. The minimum absolute atomic E-state index is 0. The normalized spacial score (nSPS) is 33.8. The van der Waals surface area contributed by atoms with Gasteiger partial charge in [-0.05, 0) is 24.8 Å². The van der Waals surface area contributed by atoms with Crippen LogP contribution in [0.25, 0.3) is 0 Å². The van der Waals surface area contributed by atoms with Crippen molar-refractivity contribution < 1.29 is 4.39 Å². The molecule has 0 aromatic heterocycles. The Labute approximate surface area is 54.9 Å². The third kappa shape index (κ3) is 1.60. The third-order valence-electron chi connectivity index (χ3n) is 1.57. The van der Waals surface area contributed by atoms with E-state index in [1.54, 1.807) is 0 Å². The zero-order valence-electron chi connectivity index (χ0n) is 4.64. The first-order valence-corrected chi connectivity index (χ1v) is 2.64. The maximum absolute atomic E-state index is 11.6. The van der Waals surface area contributed by atoms with Crippen molar-refractivity contribution >= 4 is 12.4 Å². The summed E-state index contributed by atoms with van der Waals surface area (Å²) in [4.78, 5) is 0. The molecule has 0 heterocycles. The summed E-state index contributed by atoms with van der Waals surface area (Å²) in [6.45, 7) is 0.510. The largest absolute Gasteiger partial charge is 0.330 e. The van der Waals surface area contributed by atoms with Crippen LogP contribution in [0.4, 0.5) is 4.39 Å². The first-order chi connectivity index (χ1) is 3.38. The molecule has 0 radical (unpaired) electrons. The molecular formula is C5H11ClFN. The standard InChI is InChI=1S/C5H10FN.ClH/c6-2-4-1-5(4)3-7;/h4-5H,1-3,7H2;1H/t4-,5+;/m1./s1. The van der Waals surface area contributed by atoms with Crippen LogP contribution in [0.1, 0.15) is 6.42 Å². The van der Waals surface area contributed by atoms with E-state index < -0.39 is 0 Å². The molecule has 2 atom stereocenters. The van der Waals surface area contributed by atoms with Crippen LogP contribution >= 0.6 is 12.4 Å².